The summed E-state index contributed by atoms with van der Waals surface area (Å²) in [5.41, 5.74) is -0.0124. The topological polar surface area (TPSA) is 88.0 Å². The zero-order valence-corrected chi connectivity index (χ0v) is 12.5. The quantitative estimate of drug-likeness (QED) is 0.773. The van der Waals surface area contributed by atoms with Crippen LogP contribution in [-0.2, 0) is 14.1 Å². The fourth-order valence-corrected chi connectivity index (χ4v) is 2.46. The lowest BCUT2D eigenvalue weighted by atomic mass is 10.5. The Morgan fingerprint density at radius 3 is 2.71 bits per heavy atom. The molecule has 1 aliphatic rings. The Bertz CT molecular complexity index is 782. The Morgan fingerprint density at radius 1 is 1.33 bits per heavy atom. The number of imidazole rings is 1. The second kappa shape index (κ2) is 5.03. The zero-order valence-electron chi connectivity index (χ0n) is 12.5. The largest absolute Gasteiger partial charge is 0.354 e. The van der Waals surface area contributed by atoms with E-state index in [2.05, 4.69) is 27.2 Å². The first kappa shape index (κ1) is 13.9. The highest BCUT2D eigenvalue weighted by molar-refractivity contribution is 5.72. The molecule has 1 aliphatic carbocycles. The maximum absolute atomic E-state index is 12.0. The molecule has 2 N–H and O–H groups in total. The van der Waals surface area contributed by atoms with Crippen LogP contribution >= 0.6 is 0 Å². The average Bonchev–Trinajstić information content (AvgIpc) is 3.23. The summed E-state index contributed by atoms with van der Waals surface area (Å²) in [4.78, 5) is 33.4. The number of aryl methyl sites for hydroxylation is 1. The van der Waals surface area contributed by atoms with Crippen molar-refractivity contribution in [3.8, 4) is 0 Å². The Labute approximate surface area is 121 Å². The minimum Gasteiger partial charge on any atom is -0.354 e. The highest BCUT2D eigenvalue weighted by atomic mass is 16.2. The van der Waals surface area contributed by atoms with Gasteiger partial charge in [-0.15, -0.1) is 0 Å². The lowest BCUT2D eigenvalue weighted by Gasteiger charge is -2.15. The Balaban J connectivity index is 1.81. The number of anilines is 1. The van der Waals surface area contributed by atoms with Gasteiger partial charge in [0.05, 0.1) is 0 Å². The van der Waals surface area contributed by atoms with Crippen LogP contribution in [0.5, 0.6) is 0 Å². The third-order valence-electron chi connectivity index (χ3n) is 4.02. The normalized spacial score (nSPS) is 15.0. The number of likely N-dealkylation sites (N-methyl/N-ethyl adjacent to an activating group) is 1. The van der Waals surface area contributed by atoms with E-state index in [-0.39, 0.29) is 11.2 Å². The van der Waals surface area contributed by atoms with E-state index in [0.717, 1.165) is 23.7 Å². The molecule has 114 valence electrons. The van der Waals surface area contributed by atoms with E-state index in [1.54, 1.807) is 7.05 Å². The summed E-state index contributed by atoms with van der Waals surface area (Å²) in [6, 6.07) is 0.718. The summed E-state index contributed by atoms with van der Waals surface area (Å²) in [5.74, 6) is 0.521. The first-order valence-corrected chi connectivity index (χ1v) is 7.09. The van der Waals surface area contributed by atoms with Crippen molar-refractivity contribution in [1.82, 2.24) is 24.0 Å². The number of nitrogens with zero attached hydrogens (tertiary/aromatic N) is 4. The third-order valence-corrected chi connectivity index (χ3v) is 4.02. The molecule has 0 amide bonds. The number of H-pyrrole nitrogens is 1. The van der Waals surface area contributed by atoms with Crippen LogP contribution < -0.4 is 16.6 Å². The van der Waals surface area contributed by atoms with E-state index >= 15 is 0 Å². The second-order valence-corrected chi connectivity index (χ2v) is 5.63. The monoisotopic (exact) mass is 292 g/mol. The fraction of sp³-hybridized carbons (Fsp3) is 0.615. The van der Waals surface area contributed by atoms with Crippen LogP contribution in [0, 0.1) is 0 Å². The lowest BCUT2D eigenvalue weighted by Crippen LogP contribution is -2.36. The molecule has 0 bridgehead atoms. The van der Waals surface area contributed by atoms with Crippen LogP contribution in [0.25, 0.3) is 11.2 Å². The summed E-state index contributed by atoms with van der Waals surface area (Å²) in [6.07, 6.45) is 2.55. The molecule has 0 unspecified atom stereocenters. The van der Waals surface area contributed by atoms with Gasteiger partial charge in [0, 0.05) is 33.2 Å². The van der Waals surface area contributed by atoms with Gasteiger partial charge < -0.3 is 15.2 Å². The van der Waals surface area contributed by atoms with Gasteiger partial charge in [-0.1, -0.05) is 0 Å². The molecule has 8 heteroatoms. The average molecular weight is 292 g/mol. The van der Waals surface area contributed by atoms with Gasteiger partial charge in [-0.3, -0.25) is 13.9 Å². The SMILES string of the molecule is CN(CCNc1nc2c([nH]1)c(=O)n(C)c(=O)n2C)C1CC1. The molecule has 21 heavy (non-hydrogen) atoms. The summed E-state index contributed by atoms with van der Waals surface area (Å²) in [5, 5.41) is 3.17. The number of aromatic amines is 1. The van der Waals surface area contributed by atoms with Crippen LogP contribution in [0.2, 0.25) is 0 Å². The zero-order chi connectivity index (χ0) is 15.1. The molecule has 0 radical (unpaired) electrons. The summed E-state index contributed by atoms with van der Waals surface area (Å²) in [6.45, 7) is 1.65. The van der Waals surface area contributed by atoms with Gasteiger partial charge in [-0.2, -0.15) is 4.98 Å². The highest BCUT2D eigenvalue weighted by Crippen LogP contribution is 2.24. The summed E-state index contributed by atoms with van der Waals surface area (Å²) >= 11 is 0. The molecule has 0 aliphatic heterocycles. The van der Waals surface area contributed by atoms with E-state index in [4.69, 9.17) is 0 Å². The maximum atomic E-state index is 12.0. The van der Waals surface area contributed by atoms with Gasteiger partial charge >= 0.3 is 5.69 Å². The number of hydrogen-bond acceptors (Lipinski definition) is 5. The minimum absolute atomic E-state index is 0.345. The van der Waals surface area contributed by atoms with Gasteiger partial charge in [-0.05, 0) is 19.9 Å². The Morgan fingerprint density at radius 2 is 2.05 bits per heavy atom. The van der Waals surface area contributed by atoms with Crippen molar-refractivity contribution in [3.05, 3.63) is 20.8 Å². The van der Waals surface area contributed by atoms with Crippen molar-refractivity contribution in [2.24, 2.45) is 14.1 Å². The molecule has 1 fully saturated rings. The third kappa shape index (κ3) is 2.46. The lowest BCUT2D eigenvalue weighted by molar-refractivity contribution is 0.337. The standard InChI is InChI=1S/C13H20N6O2/c1-17(8-4-5-8)7-6-14-12-15-9-10(16-12)18(2)13(21)19(3)11(9)20/h8H,4-7H2,1-3H3,(H2,14,15,16). The van der Waals surface area contributed by atoms with E-state index in [1.165, 1.54) is 24.5 Å². The van der Waals surface area contributed by atoms with Crippen LogP contribution in [0.4, 0.5) is 5.95 Å². The molecule has 8 nitrogen and oxygen atoms in total. The molecule has 0 saturated heterocycles. The van der Waals surface area contributed by atoms with Gasteiger partial charge in [0.25, 0.3) is 5.56 Å². The fourth-order valence-electron chi connectivity index (χ4n) is 2.46. The van der Waals surface area contributed by atoms with Gasteiger partial charge in [0.1, 0.15) is 0 Å². The molecule has 2 aromatic rings. The van der Waals surface area contributed by atoms with Crippen molar-refractivity contribution >= 4 is 17.1 Å². The first-order valence-electron chi connectivity index (χ1n) is 7.09. The van der Waals surface area contributed by atoms with E-state index < -0.39 is 0 Å². The molecular formula is C13H20N6O2. The van der Waals surface area contributed by atoms with E-state index in [0.29, 0.717) is 17.1 Å². The smallest absolute Gasteiger partial charge is 0.332 e. The first-order chi connectivity index (χ1) is 9.99. The Kier molecular flexibility index (Phi) is 3.32. The number of fused-ring (bicyclic) bond motifs is 1. The molecule has 2 aromatic heterocycles. The van der Waals surface area contributed by atoms with Crippen molar-refractivity contribution in [2.75, 3.05) is 25.5 Å². The molecule has 3 rings (SSSR count). The van der Waals surface area contributed by atoms with Crippen molar-refractivity contribution in [1.29, 1.82) is 0 Å². The molecule has 0 aromatic carbocycles. The predicted octanol–water partition coefficient (Wildman–Crippen LogP) is -0.534. The van der Waals surface area contributed by atoms with Gasteiger partial charge in [0.2, 0.25) is 5.95 Å². The molecule has 0 spiro atoms. The molecular weight excluding hydrogens is 272 g/mol. The minimum atomic E-state index is -0.376. The molecule has 0 atom stereocenters. The summed E-state index contributed by atoms with van der Waals surface area (Å²) < 4.78 is 2.44. The van der Waals surface area contributed by atoms with Crippen molar-refractivity contribution < 1.29 is 0 Å². The van der Waals surface area contributed by atoms with Crippen molar-refractivity contribution in [3.63, 3.8) is 0 Å². The number of rotatable bonds is 5. The van der Waals surface area contributed by atoms with Gasteiger partial charge in [-0.25, -0.2) is 4.79 Å². The molecule has 2 heterocycles. The number of hydrogen-bond donors (Lipinski definition) is 2. The van der Waals surface area contributed by atoms with Gasteiger partial charge in [0.15, 0.2) is 11.2 Å². The Hall–Kier alpha value is -2.09. The van der Waals surface area contributed by atoms with Crippen molar-refractivity contribution in [2.45, 2.75) is 18.9 Å². The van der Waals surface area contributed by atoms with Crippen LogP contribution in [0.15, 0.2) is 9.59 Å². The van der Waals surface area contributed by atoms with Crippen LogP contribution in [0.3, 0.4) is 0 Å². The van der Waals surface area contributed by atoms with Crippen LogP contribution in [0.1, 0.15) is 12.8 Å². The predicted molar refractivity (Wildman–Crippen MR) is 80.7 cm³/mol. The van der Waals surface area contributed by atoms with Crippen LogP contribution in [-0.4, -0.2) is 50.2 Å². The number of aromatic nitrogens is 4. The molecule has 1 saturated carbocycles. The summed E-state index contributed by atoms with van der Waals surface area (Å²) in [7, 11) is 5.18. The maximum Gasteiger partial charge on any atom is 0.332 e. The number of nitrogens with one attached hydrogen (secondary N) is 2. The van der Waals surface area contributed by atoms with E-state index in [9.17, 15) is 9.59 Å². The second-order valence-electron chi connectivity index (χ2n) is 5.63. The highest BCUT2D eigenvalue weighted by Gasteiger charge is 2.25. The van der Waals surface area contributed by atoms with E-state index in [1.807, 2.05) is 0 Å².